The van der Waals surface area contributed by atoms with Crippen LogP contribution in [0.3, 0.4) is 0 Å². The molecule has 1 aromatic carbocycles. The van der Waals surface area contributed by atoms with Crippen LogP contribution in [0.4, 0.5) is 10.1 Å². The van der Waals surface area contributed by atoms with Gasteiger partial charge in [0.15, 0.2) is 17.4 Å². The van der Waals surface area contributed by atoms with Crippen LogP contribution < -0.4 is 10.1 Å². The molecule has 9 heteroatoms. The minimum absolute atomic E-state index is 0.0520. The molecule has 1 amide bonds. The molecule has 3 aromatic rings. The number of thioether (sulfide) groups is 1. The Bertz CT molecular complexity index is 843. The van der Waals surface area contributed by atoms with Crippen LogP contribution in [-0.2, 0) is 11.4 Å². The van der Waals surface area contributed by atoms with Gasteiger partial charge >= 0.3 is 0 Å². The van der Waals surface area contributed by atoms with E-state index in [9.17, 15) is 9.18 Å². The lowest BCUT2D eigenvalue weighted by molar-refractivity contribution is -0.113. The van der Waals surface area contributed by atoms with E-state index in [4.69, 9.17) is 4.74 Å². The van der Waals surface area contributed by atoms with Crippen LogP contribution in [0.15, 0.2) is 53.9 Å². The number of nitrogens with one attached hydrogen (secondary N) is 2. The van der Waals surface area contributed by atoms with E-state index in [1.807, 2.05) is 0 Å². The number of aromatic amines is 1. The van der Waals surface area contributed by atoms with Gasteiger partial charge in [0.25, 0.3) is 0 Å². The predicted octanol–water partition coefficient (Wildman–Crippen LogP) is 2.65. The number of hydrogen-bond donors (Lipinski definition) is 2. The van der Waals surface area contributed by atoms with Crippen molar-refractivity contribution in [3.8, 4) is 5.75 Å². The topological polar surface area (TPSA) is 92.8 Å². The van der Waals surface area contributed by atoms with E-state index >= 15 is 0 Å². The number of para-hydroxylation sites is 1. The van der Waals surface area contributed by atoms with Crippen molar-refractivity contribution < 1.29 is 13.9 Å². The predicted molar refractivity (Wildman–Crippen MR) is 90.7 cm³/mol. The van der Waals surface area contributed by atoms with Crippen LogP contribution in [0.2, 0.25) is 0 Å². The Balaban J connectivity index is 1.47. The molecule has 0 spiro atoms. The number of amides is 1. The van der Waals surface area contributed by atoms with Gasteiger partial charge in [-0.3, -0.25) is 14.9 Å². The standard InChI is InChI=1S/C16H14FN5O2S/c17-12-5-1-2-6-13(12)24-9-14-20-16(22-21-14)25-10-15(23)19-11-4-3-7-18-8-11/h1-8H,9-10H2,(H,19,23)(H,20,21,22). The summed E-state index contributed by atoms with van der Waals surface area (Å²) < 4.78 is 18.8. The van der Waals surface area contributed by atoms with E-state index in [1.165, 1.54) is 23.9 Å². The number of pyridine rings is 1. The number of ether oxygens (including phenoxy) is 1. The van der Waals surface area contributed by atoms with Gasteiger partial charge in [-0.05, 0) is 24.3 Å². The lowest BCUT2D eigenvalue weighted by Gasteiger charge is -2.04. The van der Waals surface area contributed by atoms with E-state index in [1.54, 1.807) is 36.7 Å². The maximum atomic E-state index is 13.5. The number of benzene rings is 1. The number of H-pyrrole nitrogens is 1. The average Bonchev–Trinajstić information content (AvgIpc) is 3.08. The average molecular weight is 359 g/mol. The molecule has 3 rings (SSSR count). The van der Waals surface area contributed by atoms with E-state index in [-0.39, 0.29) is 24.0 Å². The van der Waals surface area contributed by atoms with Gasteiger partial charge in [0.05, 0.1) is 17.6 Å². The van der Waals surface area contributed by atoms with Gasteiger partial charge in [-0.2, -0.15) is 0 Å². The highest BCUT2D eigenvalue weighted by molar-refractivity contribution is 7.99. The summed E-state index contributed by atoms with van der Waals surface area (Å²) >= 11 is 1.18. The van der Waals surface area contributed by atoms with Crippen molar-refractivity contribution >= 4 is 23.4 Å². The largest absolute Gasteiger partial charge is 0.483 e. The first-order valence-electron chi connectivity index (χ1n) is 7.32. The van der Waals surface area contributed by atoms with Crippen molar-refractivity contribution in [2.24, 2.45) is 0 Å². The second-order valence-electron chi connectivity index (χ2n) is 4.86. The smallest absolute Gasteiger partial charge is 0.234 e. The number of rotatable bonds is 7. The third-order valence-electron chi connectivity index (χ3n) is 2.99. The van der Waals surface area contributed by atoms with Crippen molar-refractivity contribution in [1.82, 2.24) is 20.2 Å². The molecule has 0 aliphatic rings. The van der Waals surface area contributed by atoms with Crippen molar-refractivity contribution in [1.29, 1.82) is 0 Å². The molecule has 0 aliphatic carbocycles. The molecule has 0 aliphatic heterocycles. The monoisotopic (exact) mass is 359 g/mol. The summed E-state index contributed by atoms with van der Waals surface area (Å²) in [6.07, 6.45) is 3.19. The first-order valence-corrected chi connectivity index (χ1v) is 8.30. The molecule has 2 aromatic heterocycles. The Kier molecular flexibility index (Phi) is 5.57. The first-order chi connectivity index (χ1) is 12.2. The fourth-order valence-electron chi connectivity index (χ4n) is 1.88. The van der Waals surface area contributed by atoms with E-state index < -0.39 is 5.82 Å². The number of hydrogen-bond acceptors (Lipinski definition) is 6. The summed E-state index contributed by atoms with van der Waals surface area (Å²) in [4.78, 5) is 20.0. The number of carbonyl (C=O) groups excluding carboxylic acids is 1. The van der Waals surface area contributed by atoms with Gasteiger partial charge in [0.2, 0.25) is 11.1 Å². The number of carbonyl (C=O) groups is 1. The van der Waals surface area contributed by atoms with Crippen LogP contribution >= 0.6 is 11.8 Å². The molecule has 0 atom stereocenters. The van der Waals surface area contributed by atoms with Gasteiger partial charge < -0.3 is 10.1 Å². The maximum Gasteiger partial charge on any atom is 0.234 e. The maximum absolute atomic E-state index is 13.5. The molecule has 128 valence electrons. The Morgan fingerprint density at radius 3 is 2.96 bits per heavy atom. The lowest BCUT2D eigenvalue weighted by Crippen LogP contribution is -2.14. The normalized spacial score (nSPS) is 10.4. The van der Waals surface area contributed by atoms with Crippen molar-refractivity contribution in [2.75, 3.05) is 11.1 Å². The quantitative estimate of drug-likeness (QED) is 0.630. The lowest BCUT2D eigenvalue weighted by atomic mass is 10.3. The van der Waals surface area contributed by atoms with Gasteiger partial charge in [0, 0.05) is 6.20 Å². The van der Waals surface area contributed by atoms with Crippen LogP contribution in [-0.4, -0.2) is 31.8 Å². The Morgan fingerprint density at radius 2 is 2.16 bits per heavy atom. The molecule has 0 saturated carbocycles. The molecule has 2 N–H and O–H groups in total. The number of halogens is 1. The summed E-state index contributed by atoms with van der Waals surface area (Å²) in [5.41, 5.74) is 0.627. The number of nitrogens with zero attached hydrogens (tertiary/aromatic N) is 3. The number of anilines is 1. The first kappa shape index (κ1) is 16.9. The van der Waals surface area contributed by atoms with Crippen LogP contribution in [0.1, 0.15) is 5.82 Å². The summed E-state index contributed by atoms with van der Waals surface area (Å²) in [6, 6.07) is 9.60. The van der Waals surface area contributed by atoms with E-state index in [2.05, 4.69) is 25.5 Å². The van der Waals surface area contributed by atoms with Gasteiger partial charge in [-0.1, -0.05) is 23.9 Å². The Hall–Kier alpha value is -2.94. The molecule has 2 heterocycles. The molecule has 0 radical (unpaired) electrons. The van der Waals surface area contributed by atoms with Crippen molar-refractivity contribution in [3.63, 3.8) is 0 Å². The van der Waals surface area contributed by atoms with Crippen LogP contribution in [0.25, 0.3) is 0 Å². The molecule has 25 heavy (non-hydrogen) atoms. The second-order valence-corrected chi connectivity index (χ2v) is 5.80. The van der Waals surface area contributed by atoms with Crippen molar-refractivity contribution in [2.45, 2.75) is 11.8 Å². The highest BCUT2D eigenvalue weighted by atomic mass is 32.2. The summed E-state index contributed by atoms with van der Waals surface area (Å²) in [5.74, 6) is 0.110. The zero-order valence-electron chi connectivity index (χ0n) is 13.0. The van der Waals surface area contributed by atoms with Crippen molar-refractivity contribution in [3.05, 3.63) is 60.4 Å². The van der Waals surface area contributed by atoms with Gasteiger partial charge in [0.1, 0.15) is 6.61 Å². The van der Waals surface area contributed by atoms with Gasteiger partial charge in [-0.25, -0.2) is 9.37 Å². The molecule has 7 nitrogen and oxygen atoms in total. The van der Waals surface area contributed by atoms with E-state index in [0.717, 1.165) is 0 Å². The van der Waals surface area contributed by atoms with Crippen LogP contribution in [0.5, 0.6) is 5.75 Å². The fourth-order valence-corrected chi connectivity index (χ4v) is 2.50. The molecular weight excluding hydrogens is 345 g/mol. The second kappa shape index (κ2) is 8.25. The molecule has 0 saturated heterocycles. The highest BCUT2D eigenvalue weighted by Gasteiger charge is 2.09. The van der Waals surface area contributed by atoms with Gasteiger partial charge in [-0.15, -0.1) is 5.10 Å². The molecular formula is C16H14FN5O2S. The zero-order chi connectivity index (χ0) is 17.5. The minimum atomic E-state index is -0.441. The SMILES string of the molecule is O=C(CSc1n[nH]c(COc2ccccc2F)n1)Nc1cccnc1. The third-order valence-corrected chi connectivity index (χ3v) is 3.84. The summed E-state index contributed by atoms with van der Waals surface area (Å²) in [7, 11) is 0. The zero-order valence-corrected chi connectivity index (χ0v) is 13.8. The fraction of sp³-hybridized carbons (Fsp3) is 0.125. The minimum Gasteiger partial charge on any atom is -0.483 e. The molecule has 0 fully saturated rings. The Labute approximate surface area is 147 Å². The summed E-state index contributed by atoms with van der Waals surface area (Å²) in [6.45, 7) is 0.0520. The third kappa shape index (κ3) is 5.01. The van der Waals surface area contributed by atoms with E-state index in [0.29, 0.717) is 16.7 Å². The number of aromatic nitrogens is 4. The summed E-state index contributed by atoms with van der Waals surface area (Å²) in [5, 5.41) is 9.82. The Morgan fingerprint density at radius 1 is 1.28 bits per heavy atom. The highest BCUT2D eigenvalue weighted by Crippen LogP contribution is 2.17. The van der Waals surface area contributed by atoms with Crippen LogP contribution in [0, 0.1) is 5.82 Å². The molecule has 0 unspecified atom stereocenters. The molecule has 0 bridgehead atoms.